The maximum absolute atomic E-state index is 12.4. The molecule has 1 heterocycles. The molecule has 0 saturated carbocycles. The van der Waals surface area contributed by atoms with Crippen LogP contribution < -0.4 is 10.1 Å². The van der Waals surface area contributed by atoms with Crippen molar-refractivity contribution in [3.63, 3.8) is 0 Å². The molecule has 0 aliphatic heterocycles. The number of nitrogens with zero attached hydrogens (tertiary/aromatic N) is 2. The Balaban J connectivity index is 1.57. The molecule has 0 saturated heterocycles. The molecule has 0 unspecified atom stereocenters. The highest BCUT2D eigenvalue weighted by Gasteiger charge is 2.18. The van der Waals surface area contributed by atoms with Crippen LogP contribution in [-0.4, -0.2) is 37.7 Å². The summed E-state index contributed by atoms with van der Waals surface area (Å²) in [4.78, 5) is 16.9. The summed E-state index contributed by atoms with van der Waals surface area (Å²) in [6.07, 6.45) is 0.0890. The van der Waals surface area contributed by atoms with Gasteiger partial charge >= 0.3 is 0 Å². The monoisotopic (exact) mass is 445 g/mol. The summed E-state index contributed by atoms with van der Waals surface area (Å²) in [5.74, 6) is 0.494. The van der Waals surface area contributed by atoms with E-state index < -0.39 is 10.0 Å². The average Bonchev–Trinajstić information content (AvgIpc) is 3.14. The zero-order chi connectivity index (χ0) is 21.7. The lowest BCUT2D eigenvalue weighted by Crippen LogP contribution is -2.22. The first-order chi connectivity index (χ1) is 14.2. The van der Waals surface area contributed by atoms with Gasteiger partial charge in [0.15, 0.2) is 0 Å². The van der Waals surface area contributed by atoms with Crippen LogP contribution in [0.1, 0.15) is 16.3 Å². The largest absolute Gasteiger partial charge is 0.486 e. The molecule has 2 aromatic carbocycles. The number of sulfonamides is 1. The lowest BCUT2D eigenvalue weighted by atomic mass is 10.2. The van der Waals surface area contributed by atoms with E-state index in [-0.39, 0.29) is 17.2 Å². The lowest BCUT2D eigenvalue weighted by molar-refractivity contribution is -0.115. The topological polar surface area (TPSA) is 88.6 Å². The molecular weight excluding hydrogens is 422 g/mol. The molecule has 7 nitrogen and oxygen atoms in total. The lowest BCUT2D eigenvalue weighted by Gasteiger charge is -2.12. The fourth-order valence-corrected chi connectivity index (χ4v) is 4.24. The van der Waals surface area contributed by atoms with E-state index in [9.17, 15) is 13.2 Å². The zero-order valence-electron chi connectivity index (χ0n) is 17.0. The van der Waals surface area contributed by atoms with Gasteiger partial charge < -0.3 is 10.1 Å². The number of benzene rings is 2. The number of rotatable bonds is 8. The number of carbonyl (C=O) groups is 1. The molecular formula is C21H23N3O4S2. The van der Waals surface area contributed by atoms with Crippen LogP contribution in [0, 0.1) is 6.92 Å². The molecule has 0 aliphatic carbocycles. The summed E-state index contributed by atoms with van der Waals surface area (Å²) in [6, 6.07) is 13.9. The number of hydrogen-bond donors (Lipinski definition) is 1. The van der Waals surface area contributed by atoms with Crippen LogP contribution in [0.2, 0.25) is 0 Å². The van der Waals surface area contributed by atoms with Crippen LogP contribution in [0.5, 0.6) is 5.75 Å². The van der Waals surface area contributed by atoms with Gasteiger partial charge in [-0.15, -0.1) is 11.3 Å². The van der Waals surface area contributed by atoms with Crippen molar-refractivity contribution in [3.8, 4) is 5.75 Å². The van der Waals surface area contributed by atoms with Crippen LogP contribution in [0.4, 0.5) is 5.69 Å². The van der Waals surface area contributed by atoms with Gasteiger partial charge in [-0.1, -0.05) is 23.8 Å². The molecule has 1 aromatic heterocycles. The predicted molar refractivity (Wildman–Crippen MR) is 117 cm³/mol. The van der Waals surface area contributed by atoms with Crippen LogP contribution in [0.25, 0.3) is 0 Å². The molecule has 3 rings (SSSR count). The summed E-state index contributed by atoms with van der Waals surface area (Å²) in [5.41, 5.74) is 2.22. The van der Waals surface area contributed by atoms with Crippen molar-refractivity contribution in [1.82, 2.24) is 9.29 Å². The van der Waals surface area contributed by atoms with E-state index in [0.29, 0.717) is 18.0 Å². The number of ether oxygens (including phenoxy) is 1. The standard InChI is InChI=1S/C21H23N3O4S2/c1-15-7-9-18(10-8-15)28-13-21-23-17(14-29-21)12-20(25)22-16-5-4-6-19(11-16)30(26,27)24(2)3/h4-11,14H,12-13H2,1-3H3,(H,22,25). The fraction of sp³-hybridized carbons (Fsp3) is 0.238. The van der Waals surface area contributed by atoms with Gasteiger partial charge in [0.2, 0.25) is 15.9 Å². The summed E-state index contributed by atoms with van der Waals surface area (Å²) in [7, 11) is -0.642. The Labute approximate surface area is 180 Å². The first-order valence-corrected chi connectivity index (χ1v) is 11.5. The van der Waals surface area contributed by atoms with Crippen molar-refractivity contribution in [2.75, 3.05) is 19.4 Å². The minimum atomic E-state index is -3.56. The number of nitrogens with one attached hydrogen (secondary N) is 1. The Kier molecular flexibility index (Phi) is 6.86. The van der Waals surface area contributed by atoms with E-state index in [0.717, 1.165) is 20.6 Å². The highest BCUT2D eigenvalue weighted by Crippen LogP contribution is 2.19. The van der Waals surface area contributed by atoms with Crippen molar-refractivity contribution >= 4 is 33.0 Å². The number of carbonyl (C=O) groups excluding carboxylic acids is 1. The predicted octanol–water partition coefficient (Wildman–Crippen LogP) is 3.46. The Hall–Kier alpha value is -2.75. The highest BCUT2D eigenvalue weighted by molar-refractivity contribution is 7.89. The Morgan fingerprint density at radius 1 is 1.17 bits per heavy atom. The highest BCUT2D eigenvalue weighted by atomic mass is 32.2. The van der Waals surface area contributed by atoms with E-state index in [1.807, 2.05) is 36.6 Å². The molecule has 158 valence electrons. The third-order valence-electron chi connectivity index (χ3n) is 4.22. The van der Waals surface area contributed by atoms with Gasteiger partial charge in [0.25, 0.3) is 0 Å². The van der Waals surface area contributed by atoms with Crippen molar-refractivity contribution in [2.24, 2.45) is 0 Å². The molecule has 1 amide bonds. The molecule has 0 fully saturated rings. The van der Waals surface area contributed by atoms with Crippen molar-refractivity contribution in [2.45, 2.75) is 24.8 Å². The minimum Gasteiger partial charge on any atom is -0.486 e. The van der Waals surface area contributed by atoms with Crippen LogP contribution in [0.15, 0.2) is 58.8 Å². The Morgan fingerprint density at radius 2 is 1.90 bits per heavy atom. The number of anilines is 1. The number of aromatic nitrogens is 1. The number of amides is 1. The maximum atomic E-state index is 12.4. The molecule has 0 aliphatic rings. The van der Waals surface area contributed by atoms with E-state index in [1.54, 1.807) is 12.1 Å². The van der Waals surface area contributed by atoms with E-state index in [4.69, 9.17) is 4.74 Å². The molecule has 0 atom stereocenters. The third kappa shape index (κ3) is 5.65. The molecule has 1 N–H and O–H groups in total. The van der Waals surface area contributed by atoms with E-state index in [2.05, 4.69) is 10.3 Å². The van der Waals surface area contributed by atoms with Gasteiger partial charge in [0.1, 0.15) is 17.4 Å². The second kappa shape index (κ2) is 9.38. The zero-order valence-corrected chi connectivity index (χ0v) is 18.6. The number of aryl methyl sites for hydroxylation is 1. The van der Waals surface area contributed by atoms with Gasteiger partial charge in [-0.25, -0.2) is 17.7 Å². The smallest absolute Gasteiger partial charge is 0.242 e. The summed E-state index contributed by atoms with van der Waals surface area (Å²) < 4.78 is 31.3. The molecule has 9 heteroatoms. The normalized spacial score (nSPS) is 11.5. The Morgan fingerprint density at radius 3 is 2.60 bits per heavy atom. The maximum Gasteiger partial charge on any atom is 0.242 e. The van der Waals surface area contributed by atoms with Crippen LogP contribution in [0.3, 0.4) is 0 Å². The van der Waals surface area contributed by atoms with Gasteiger partial charge in [-0.05, 0) is 37.3 Å². The quantitative estimate of drug-likeness (QED) is 0.574. The number of thiazole rings is 1. The van der Waals surface area contributed by atoms with Crippen molar-refractivity contribution in [1.29, 1.82) is 0 Å². The van der Waals surface area contributed by atoms with E-state index >= 15 is 0 Å². The first-order valence-electron chi connectivity index (χ1n) is 9.19. The molecule has 3 aromatic rings. The second-order valence-electron chi connectivity index (χ2n) is 6.87. The van der Waals surface area contributed by atoms with Crippen LogP contribution in [-0.2, 0) is 27.8 Å². The molecule has 0 radical (unpaired) electrons. The molecule has 0 bridgehead atoms. The van der Waals surface area contributed by atoms with Gasteiger partial charge in [-0.3, -0.25) is 4.79 Å². The SMILES string of the molecule is Cc1ccc(OCc2nc(CC(=O)Nc3cccc(S(=O)(=O)N(C)C)c3)cs2)cc1. The molecule has 0 spiro atoms. The first kappa shape index (κ1) is 21.9. The van der Waals surface area contributed by atoms with E-state index in [1.165, 1.54) is 37.6 Å². The van der Waals surface area contributed by atoms with Crippen molar-refractivity contribution in [3.05, 3.63) is 70.2 Å². The average molecular weight is 446 g/mol. The van der Waals surface area contributed by atoms with Gasteiger partial charge in [0, 0.05) is 25.2 Å². The third-order valence-corrected chi connectivity index (χ3v) is 6.90. The Bertz CT molecular complexity index is 1120. The fourth-order valence-electron chi connectivity index (χ4n) is 2.59. The summed E-state index contributed by atoms with van der Waals surface area (Å²) in [5, 5.41) is 5.32. The number of hydrogen-bond acceptors (Lipinski definition) is 6. The second-order valence-corrected chi connectivity index (χ2v) is 9.97. The van der Waals surface area contributed by atoms with Crippen LogP contribution >= 0.6 is 11.3 Å². The van der Waals surface area contributed by atoms with Gasteiger partial charge in [-0.2, -0.15) is 0 Å². The van der Waals surface area contributed by atoms with Crippen molar-refractivity contribution < 1.29 is 17.9 Å². The van der Waals surface area contributed by atoms with Gasteiger partial charge in [0.05, 0.1) is 17.0 Å². The molecule has 30 heavy (non-hydrogen) atoms. The summed E-state index contributed by atoms with van der Waals surface area (Å²) >= 11 is 1.43. The summed E-state index contributed by atoms with van der Waals surface area (Å²) in [6.45, 7) is 2.35. The minimum absolute atomic E-state index is 0.0890.